The Morgan fingerprint density at radius 3 is 2.70 bits per heavy atom. The Labute approximate surface area is 279 Å². The number of nitrogen functional groups attached to an aromatic ring is 2. The maximum atomic E-state index is 13.4. The number of rotatable bonds is 14. The molecule has 3 aromatic rings. The van der Waals surface area contributed by atoms with E-state index in [1.165, 1.54) is 18.7 Å². The van der Waals surface area contributed by atoms with Crippen molar-refractivity contribution < 1.29 is 43.9 Å². The van der Waals surface area contributed by atoms with Gasteiger partial charge < -0.3 is 42.3 Å². The Hall–Kier alpha value is -4.50. The van der Waals surface area contributed by atoms with Gasteiger partial charge in [-0.2, -0.15) is 0 Å². The van der Waals surface area contributed by atoms with E-state index in [2.05, 4.69) is 25.8 Å². The van der Waals surface area contributed by atoms with Crippen molar-refractivity contribution in [3.63, 3.8) is 0 Å². The first-order chi connectivity index (χ1) is 22.4. The molecule has 2 aliphatic rings. The molecular formula is C26H30ClN10O8S2+. The van der Waals surface area contributed by atoms with E-state index in [1.807, 2.05) is 6.07 Å². The van der Waals surface area contributed by atoms with Crippen molar-refractivity contribution in [1.29, 1.82) is 0 Å². The maximum Gasteiger partial charge on any atom is 0.352 e. The van der Waals surface area contributed by atoms with Crippen molar-refractivity contribution in [3.05, 3.63) is 39.6 Å². The standard InChI is InChI=1S/C26H29ClN10O8S2/c1-11(23(41)42)45-34-15(14-18(27)47-26(29)32-14)20(39)31-16-21(40)37-17(24(43)44)12(10-46-22(16)37)9-35-6-2-3-13-19(35)33-25(28)36(13)7-4-30-5-8-38/h2-3,6,11,16,22,28,30,38H,4-5,7-10H2,1H3,(H5,29,31,32,39,41,42,43,44)/p+1/b34-15-/t11-,16?,22?/m0/s1. The van der Waals surface area contributed by atoms with Gasteiger partial charge in [0.25, 0.3) is 11.8 Å². The number of β-lactam (4-membered cyclic amide) rings is 1. The van der Waals surface area contributed by atoms with E-state index in [0.717, 1.165) is 21.8 Å². The number of carbonyl (C=O) groups is 4. The number of aliphatic carboxylic acids is 2. The summed E-state index contributed by atoms with van der Waals surface area (Å²) in [5.74, 6) is -3.83. The number of hydrogen-bond acceptors (Lipinski definition) is 14. The number of fused-ring (bicyclic) bond motifs is 2. The fraction of sp³-hybridized carbons (Fsp3) is 0.385. The quantitative estimate of drug-likeness (QED) is 0.0341. The summed E-state index contributed by atoms with van der Waals surface area (Å²) in [6.07, 6.45) is 0.310. The van der Waals surface area contributed by atoms with E-state index in [9.17, 15) is 24.3 Å². The van der Waals surface area contributed by atoms with E-state index < -0.39 is 47.0 Å². The zero-order chi connectivity index (χ0) is 34.0. The summed E-state index contributed by atoms with van der Waals surface area (Å²) in [4.78, 5) is 64.9. The average molecular weight is 710 g/mol. The smallest absolute Gasteiger partial charge is 0.352 e. The van der Waals surface area contributed by atoms with Crippen LogP contribution in [0, 0.1) is 0 Å². The molecule has 47 heavy (non-hydrogen) atoms. The molecule has 0 spiro atoms. The normalized spacial score (nSPS) is 18.6. The van der Waals surface area contributed by atoms with Crippen molar-refractivity contribution in [2.75, 3.05) is 36.9 Å². The zero-order valence-corrected chi connectivity index (χ0v) is 27.0. The Kier molecular flexibility index (Phi) is 10.2. The van der Waals surface area contributed by atoms with Gasteiger partial charge in [-0.05, 0) is 24.0 Å². The third kappa shape index (κ3) is 6.81. The molecule has 2 unspecified atom stereocenters. The van der Waals surface area contributed by atoms with E-state index in [-0.39, 0.29) is 45.7 Å². The highest BCUT2D eigenvalue weighted by Gasteiger charge is 2.54. The highest BCUT2D eigenvalue weighted by Crippen LogP contribution is 2.40. The van der Waals surface area contributed by atoms with E-state index in [0.29, 0.717) is 30.9 Å². The number of aromatic nitrogens is 4. The number of thioether (sulfide) groups is 1. The van der Waals surface area contributed by atoms with Gasteiger partial charge in [-0.25, -0.2) is 19.1 Å². The lowest BCUT2D eigenvalue weighted by atomic mass is 10.0. The lowest BCUT2D eigenvalue weighted by Gasteiger charge is -2.49. The minimum atomic E-state index is -1.42. The van der Waals surface area contributed by atoms with Gasteiger partial charge in [-0.3, -0.25) is 19.1 Å². The molecule has 9 N–H and O–H groups in total. The SMILES string of the molecule is C[C@H](O/N=C(\C(=O)NC1C(=O)N2C(C(=O)O)=C(C[n+]3cccc4c3nc(N)n4CCNCCO)CSC12)c1nc(N)sc1Cl)C(=O)O. The lowest BCUT2D eigenvalue weighted by molar-refractivity contribution is -0.664. The Bertz CT molecular complexity index is 1810. The summed E-state index contributed by atoms with van der Waals surface area (Å²) in [6, 6.07) is 2.47. The van der Waals surface area contributed by atoms with Crippen molar-refractivity contribution in [3.8, 4) is 0 Å². The second-order valence-corrected chi connectivity index (χ2v) is 13.0. The molecule has 5 rings (SSSR count). The first-order valence-electron chi connectivity index (χ1n) is 14.0. The molecule has 0 aromatic carbocycles. The molecule has 0 saturated carbocycles. The zero-order valence-electron chi connectivity index (χ0n) is 24.6. The minimum Gasteiger partial charge on any atom is -0.478 e. The average Bonchev–Trinajstić information content (AvgIpc) is 3.54. The van der Waals surface area contributed by atoms with E-state index in [4.69, 9.17) is 38.1 Å². The molecule has 5 heterocycles. The van der Waals surface area contributed by atoms with Gasteiger partial charge in [0, 0.05) is 31.0 Å². The number of carboxylic acids is 2. The van der Waals surface area contributed by atoms with Crippen LogP contribution in [0.25, 0.3) is 11.2 Å². The number of aliphatic hydroxyl groups is 1. The fourth-order valence-electron chi connectivity index (χ4n) is 4.96. The number of aliphatic hydroxyl groups excluding tert-OH is 1. The topological polar surface area (TPSA) is 264 Å². The first kappa shape index (κ1) is 33.9. The van der Waals surface area contributed by atoms with Gasteiger partial charge in [0.1, 0.15) is 39.2 Å². The van der Waals surface area contributed by atoms with Crippen LogP contribution in [0.15, 0.2) is 34.8 Å². The van der Waals surface area contributed by atoms with Crippen LogP contribution in [-0.2, 0) is 37.1 Å². The monoisotopic (exact) mass is 709 g/mol. The van der Waals surface area contributed by atoms with Gasteiger partial charge in [0.2, 0.25) is 6.10 Å². The van der Waals surface area contributed by atoms with Gasteiger partial charge in [-0.1, -0.05) is 28.1 Å². The number of imidazole rings is 1. The fourth-order valence-corrected chi connectivity index (χ4v) is 7.23. The highest BCUT2D eigenvalue weighted by atomic mass is 35.5. The largest absolute Gasteiger partial charge is 0.478 e. The summed E-state index contributed by atoms with van der Waals surface area (Å²) in [5, 5.41) is 36.8. The molecule has 1 fully saturated rings. The summed E-state index contributed by atoms with van der Waals surface area (Å²) in [5.41, 5.74) is 12.7. The molecule has 2 amide bonds. The van der Waals surface area contributed by atoms with Crippen LogP contribution in [0.1, 0.15) is 12.6 Å². The van der Waals surface area contributed by atoms with Crippen LogP contribution in [-0.4, -0.2) is 107 Å². The number of thiazole rings is 1. The molecule has 1 saturated heterocycles. The first-order valence-corrected chi connectivity index (χ1v) is 16.2. The number of anilines is 2. The van der Waals surface area contributed by atoms with E-state index >= 15 is 0 Å². The van der Waals surface area contributed by atoms with Gasteiger partial charge in [0.15, 0.2) is 10.8 Å². The number of hydrogen-bond donors (Lipinski definition) is 7. The molecule has 0 radical (unpaired) electrons. The summed E-state index contributed by atoms with van der Waals surface area (Å²) < 4.78 is 3.53. The van der Waals surface area contributed by atoms with Crippen molar-refractivity contribution in [2.24, 2.45) is 5.16 Å². The molecule has 0 aliphatic carbocycles. The number of nitrogens with one attached hydrogen (secondary N) is 2. The van der Waals surface area contributed by atoms with Crippen LogP contribution in [0.4, 0.5) is 11.1 Å². The number of nitrogens with zero attached hydrogens (tertiary/aromatic N) is 6. The number of oxime groups is 1. The number of pyridine rings is 1. The number of carboxylic acid groups (broad SMARTS) is 2. The molecule has 250 valence electrons. The maximum absolute atomic E-state index is 13.4. The van der Waals surface area contributed by atoms with Crippen molar-refractivity contribution in [2.45, 2.75) is 37.5 Å². The van der Waals surface area contributed by atoms with Crippen LogP contribution < -0.4 is 26.7 Å². The Balaban J connectivity index is 1.37. The number of nitrogens with two attached hydrogens (primary N) is 2. The second-order valence-electron chi connectivity index (χ2n) is 10.3. The second kappa shape index (κ2) is 14.1. The van der Waals surface area contributed by atoms with Gasteiger partial charge >= 0.3 is 23.5 Å². The minimum absolute atomic E-state index is 0.00188. The third-order valence-corrected chi connectivity index (χ3v) is 9.62. The molecular weight excluding hydrogens is 680 g/mol. The predicted molar refractivity (Wildman–Crippen MR) is 170 cm³/mol. The van der Waals surface area contributed by atoms with Gasteiger partial charge in [0.05, 0.1) is 12.8 Å². The molecule has 3 atom stereocenters. The summed E-state index contributed by atoms with van der Waals surface area (Å²) in [7, 11) is 0. The van der Waals surface area contributed by atoms with Crippen LogP contribution in [0.3, 0.4) is 0 Å². The Morgan fingerprint density at radius 1 is 1.28 bits per heavy atom. The van der Waals surface area contributed by atoms with Crippen molar-refractivity contribution in [1.82, 2.24) is 30.1 Å². The van der Waals surface area contributed by atoms with Crippen LogP contribution in [0.5, 0.6) is 0 Å². The molecule has 2 aliphatic heterocycles. The molecule has 0 bridgehead atoms. The molecule has 18 nitrogen and oxygen atoms in total. The van der Waals surface area contributed by atoms with Crippen LogP contribution >= 0.6 is 34.7 Å². The number of carbonyl (C=O) groups excluding carboxylic acids is 2. The highest BCUT2D eigenvalue weighted by molar-refractivity contribution is 8.00. The van der Waals surface area contributed by atoms with E-state index in [1.54, 1.807) is 21.4 Å². The van der Waals surface area contributed by atoms with Crippen LogP contribution in [0.2, 0.25) is 4.34 Å². The Morgan fingerprint density at radius 2 is 2.04 bits per heavy atom. The summed E-state index contributed by atoms with van der Waals surface area (Å²) in [6.45, 7) is 2.75. The van der Waals surface area contributed by atoms with Crippen molar-refractivity contribution >= 4 is 86.4 Å². The van der Waals surface area contributed by atoms with Gasteiger partial charge in [-0.15, -0.1) is 11.8 Å². The number of amides is 2. The summed E-state index contributed by atoms with van der Waals surface area (Å²) >= 11 is 8.27. The third-order valence-electron chi connectivity index (χ3n) is 7.20. The lowest BCUT2D eigenvalue weighted by Crippen LogP contribution is -2.71. The molecule has 21 heteroatoms. The number of halogens is 1. The predicted octanol–water partition coefficient (Wildman–Crippen LogP) is -1.19. The molecule has 3 aromatic heterocycles.